The molecule has 1 saturated heterocycles. The summed E-state index contributed by atoms with van der Waals surface area (Å²) in [7, 11) is 0. The lowest BCUT2D eigenvalue weighted by Gasteiger charge is -2.36. The average Bonchev–Trinajstić information content (AvgIpc) is 3.06. The van der Waals surface area contributed by atoms with Crippen molar-refractivity contribution in [3.8, 4) is 0 Å². The molecule has 0 radical (unpaired) electrons. The fourth-order valence-electron chi connectivity index (χ4n) is 3.02. The van der Waals surface area contributed by atoms with Crippen LogP contribution in [-0.4, -0.2) is 50.1 Å². The molecule has 1 fully saturated rings. The minimum atomic E-state index is -0.128. The van der Waals surface area contributed by atoms with Crippen LogP contribution in [0.4, 0.5) is 5.69 Å². The van der Waals surface area contributed by atoms with E-state index in [1.54, 1.807) is 12.1 Å². The number of carbonyl (C=O) groups excluding carboxylic acids is 1. The second kappa shape index (κ2) is 8.02. The van der Waals surface area contributed by atoms with E-state index in [-0.39, 0.29) is 5.91 Å². The van der Waals surface area contributed by atoms with Gasteiger partial charge in [-0.3, -0.25) is 9.69 Å². The molecule has 5 heteroatoms. The first-order valence-electron chi connectivity index (χ1n) is 8.59. The Morgan fingerprint density at radius 2 is 1.83 bits per heavy atom. The molecule has 5 nitrogen and oxygen atoms in total. The van der Waals surface area contributed by atoms with Crippen LogP contribution in [0.15, 0.2) is 46.9 Å². The zero-order valence-electron chi connectivity index (χ0n) is 14.2. The molecular formula is C19H25N3O2. The van der Waals surface area contributed by atoms with Crippen molar-refractivity contribution < 1.29 is 9.21 Å². The Morgan fingerprint density at radius 1 is 1.08 bits per heavy atom. The average molecular weight is 327 g/mol. The van der Waals surface area contributed by atoms with Crippen LogP contribution in [0.2, 0.25) is 0 Å². The summed E-state index contributed by atoms with van der Waals surface area (Å²) in [6.07, 6.45) is 0.955. The monoisotopic (exact) mass is 327 g/mol. The first-order chi connectivity index (χ1) is 11.7. The number of rotatable bonds is 6. The summed E-state index contributed by atoms with van der Waals surface area (Å²) in [6, 6.07) is 14.1. The summed E-state index contributed by atoms with van der Waals surface area (Å²) in [5.74, 6) is 1.03. The predicted molar refractivity (Wildman–Crippen MR) is 95.5 cm³/mol. The quantitative estimate of drug-likeness (QED) is 0.828. The van der Waals surface area contributed by atoms with Gasteiger partial charge in [0.15, 0.2) is 5.76 Å². The zero-order chi connectivity index (χ0) is 16.8. The number of benzene rings is 1. The van der Waals surface area contributed by atoms with Gasteiger partial charge in [0.1, 0.15) is 5.76 Å². The van der Waals surface area contributed by atoms with Gasteiger partial charge in [-0.15, -0.1) is 0 Å². The van der Waals surface area contributed by atoms with Crippen LogP contribution in [-0.2, 0) is 0 Å². The molecule has 0 unspecified atom stereocenters. The van der Waals surface area contributed by atoms with Crippen LogP contribution in [0.5, 0.6) is 0 Å². The van der Waals surface area contributed by atoms with Crippen molar-refractivity contribution in [1.29, 1.82) is 0 Å². The van der Waals surface area contributed by atoms with Gasteiger partial charge in [0.2, 0.25) is 0 Å². The van der Waals surface area contributed by atoms with Crippen molar-refractivity contribution in [2.24, 2.45) is 0 Å². The molecule has 1 aliphatic rings. The van der Waals surface area contributed by atoms with Gasteiger partial charge in [0.05, 0.1) is 0 Å². The number of para-hydroxylation sites is 1. The van der Waals surface area contributed by atoms with Gasteiger partial charge in [-0.1, -0.05) is 18.2 Å². The number of hydrogen-bond donors (Lipinski definition) is 1. The van der Waals surface area contributed by atoms with Crippen LogP contribution >= 0.6 is 0 Å². The molecule has 1 aliphatic heterocycles. The fraction of sp³-hybridized carbons (Fsp3) is 0.421. The summed E-state index contributed by atoms with van der Waals surface area (Å²) in [5.41, 5.74) is 1.30. The molecule has 0 bridgehead atoms. The minimum Gasteiger partial charge on any atom is -0.456 e. The van der Waals surface area contributed by atoms with E-state index in [0.717, 1.165) is 44.9 Å². The highest BCUT2D eigenvalue weighted by Crippen LogP contribution is 2.15. The van der Waals surface area contributed by atoms with E-state index in [1.165, 1.54) is 5.69 Å². The lowest BCUT2D eigenvalue weighted by atomic mass is 10.2. The van der Waals surface area contributed by atoms with Crippen molar-refractivity contribution in [2.45, 2.75) is 13.3 Å². The molecule has 24 heavy (non-hydrogen) atoms. The van der Waals surface area contributed by atoms with E-state index in [4.69, 9.17) is 4.42 Å². The summed E-state index contributed by atoms with van der Waals surface area (Å²) < 4.78 is 5.32. The molecule has 1 N–H and O–H groups in total. The van der Waals surface area contributed by atoms with E-state index in [2.05, 4.69) is 45.4 Å². The molecule has 1 aromatic carbocycles. The van der Waals surface area contributed by atoms with E-state index in [0.29, 0.717) is 12.3 Å². The van der Waals surface area contributed by atoms with E-state index in [1.807, 2.05) is 6.92 Å². The Labute approximate surface area is 143 Å². The van der Waals surface area contributed by atoms with Gasteiger partial charge in [0, 0.05) is 38.4 Å². The second-order valence-corrected chi connectivity index (χ2v) is 6.18. The number of furan rings is 1. The van der Waals surface area contributed by atoms with Crippen LogP contribution < -0.4 is 10.2 Å². The van der Waals surface area contributed by atoms with Crippen LogP contribution in [0.1, 0.15) is 22.7 Å². The maximum absolute atomic E-state index is 11.9. The Bertz CT molecular complexity index is 646. The molecule has 2 heterocycles. The van der Waals surface area contributed by atoms with Gasteiger partial charge in [-0.25, -0.2) is 0 Å². The molecule has 1 amide bonds. The number of anilines is 1. The van der Waals surface area contributed by atoms with E-state index in [9.17, 15) is 4.79 Å². The fourth-order valence-corrected chi connectivity index (χ4v) is 3.02. The van der Waals surface area contributed by atoms with Crippen molar-refractivity contribution in [1.82, 2.24) is 10.2 Å². The van der Waals surface area contributed by atoms with Crippen molar-refractivity contribution in [2.75, 3.05) is 44.2 Å². The third-order valence-electron chi connectivity index (χ3n) is 4.39. The topological polar surface area (TPSA) is 48.7 Å². The SMILES string of the molecule is Cc1ccc(C(=O)NCCCN2CCN(c3ccccc3)CC2)o1. The normalized spacial score (nSPS) is 15.5. The highest BCUT2D eigenvalue weighted by atomic mass is 16.3. The molecule has 0 atom stereocenters. The number of piperazine rings is 1. The maximum atomic E-state index is 11.9. The third kappa shape index (κ3) is 4.38. The van der Waals surface area contributed by atoms with Crippen molar-refractivity contribution in [3.05, 3.63) is 54.0 Å². The van der Waals surface area contributed by atoms with E-state index < -0.39 is 0 Å². The largest absolute Gasteiger partial charge is 0.456 e. The number of aryl methyl sites for hydroxylation is 1. The summed E-state index contributed by atoms with van der Waals surface area (Å²) >= 11 is 0. The van der Waals surface area contributed by atoms with Gasteiger partial charge in [0.25, 0.3) is 5.91 Å². The first-order valence-corrected chi connectivity index (χ1v) is 8.59. The number of hydrogen-bond acceptors (Lipinski definition) is 4. The van der Waals surface area contributed by atoms with Crippen LogP contribution in [0.25, 0.3) is 0 Å². The third-order valence-corrected chi connectivity index (χ3v) is 4.39. The molecule has 3 rings (SSSR count). The Kier molecular flexibility index (Phi) is 5.54. The molecule has 0 spiro atoms. The van der Waals surface area contributed by atoms with Gasteiger partial charge >= 0.3 is 0 Å². The molecule has 0 saturated carbocycles. The lowest BCUT2D eigenvalue weighted by Crippen LogP contribution is -2.47. The molecule has 0 aliphatic carbocycles. The molecule has 1 aromatic heterocycles. The number of carbonyl (C=O) groups is 1. The van der Waals surface area contributed by atoms with Crippen molar-refractivity contribution in [3.63, 3.8) is 0 Å². The lowest BCUT2D eigenvalue weighted by molar-refractivity contribution is 0.0922. The molecule has 2 aromatic rings. The summed E-state index contributed by atoms with van der Waals surface area (Å²) in [4.78, 5) is 16.8. The molecule has 128 valence electrons. The van der Waals surface area contributed by atoms with Gasteiger partial charge in [-0.05, 0) is 44.2 Å². The van der Waals surface area contributed by atoms with Gasteiger partial charge in [-0.2, -0.15) is 0 Å². The smallest absolute Gasteiger partial charge is 0.286 e. The van der Waals surface area contributed by atoms with Crippen LogP contribution in [0.3, 0.4) is 0 Å². The minimum absolute atomic E-state index is 0.128. The predicted octanol–water partition coefficient (Wildman–Crippen LogP) is 2.53. The number of nitrogens with zero attached hydrogens (tertiary/aromatic N) is 2. The Morgan fingerprint density at radius 3 is 2.50 bits per heavy atom. The highest BCUT2D eigenvalue weighted by molar-refractivity contribution is 5.91. The van der Waals surface area contributed by atoms with Crippen LogP contribution in [0, 0.1) is 6.92 Å². The highest BCUT2D eigenvalue weighted by Gasteiger charge is 2.16. The standard InChI is InChI=1S/C19H25N3O2/c1-16-8-9-18(24-16)19(23)20-10-5-11-21-12-14-22(15-13-21)17-6-3-2-4-7-17/h2-4,6-9H,5,10-15H2,1H3,(H,20,23). The number of amides is 1. The summed E-state index contributed by atoms with van der Waals surface area (Å²) in [5, 5.41) is 2.92. The number of nitrogens with one attached hydrogen (secondary N) is 1. The van der Waals surface area contributed by atoms with Gasteiger partial charge < -0.3 is 14.6 Å². The van der Waals surface area contributed by atoms with E-state index >= 15 is 0 Å². The Hall–Kier alpha value is -2.27. The summed E-state index contributed by atoms with van der Waals surface area (Å²) in [6.45, 7) is 7.79. The molecular weight excluding hydrogens is 302 g/mol. The second-order valence-electron chi connectivity index (χ2n) is 6.18. The zero-order valence-corrected chi connectivity index (χ0v) is 14.2. The Balaban J connectivity index is 1.33. The first kappa shape index (κ1) is 16.6. The maximum Gasteiger partial charge on any atom is 0.286 e. The van der Waals surface area contributed by atoms with Crippen molar-refractivity contribution >= 4 is 11.6 Å².